The van der Waals surface area contributed by atoms with Gasteiger partial charge in [-0.25, -0.2) is 0 Å². The van der Waals surface area contributed by atoms with Crippen LogP contribution in [-0.4, -0.2) is 35.9 Å². The van der Waals surface area contributed by atoms with Crippen molar-refractivity contribution < 1.29 is 14.7 Å². The molecule has 7 atom stereocenters. The number of aliphatic hydroxyl groups is 1. The molecule has 3 N–H and O–H groups in total. The molecule has 0 aromatic carbocycles. The van der Waals surface area contributed by atoms with Gasteiger partial charge in [0.05, 0.1) is 11.8 Å². The highest BCUT2D eigenvalue weighted by Crippen LogP contribution is 2.65. The number of rotatable bonds is 3. The Balaban J connectivity index is 0.00000109. The molecule has 5 heteroatoms. The number of Topliss-reactive ketones (excluding diaryl/α,β-unsaturated/α-hetero) is 1. The quantitative estimate of drug-likeness (QED) is 0.563. The molecule has 7 unspecified atom stereocenters. The lowest BCUT2D eigenvalue weighted by Gasteiger charge is -2.60. The summed E-state index contributed by atoms with van der Waals surface area (Å²) >= 11 is 0. The summed E-state index contributed by atoms with van der Waals surface area (Å²) in [5.74, 6) is 2.34. The van der Waals surface area contributed by atoms with Crippen molar-refractivity contribution in [2.24, 2.45) is 45.4 Å². The predicted molar refractivity (Wildman–Crippen MR) is 112 cm³/mol. The molecule has 5 nitrogen and oxygen atoms in total. The van der Waals surface area contributed by atoms with Gasteiger partial charge in [-0.05, 0) is 74.0 Å². The molecule has 28 heavy (non-hydrogen) atoms. The van der Waals surface area contributed by atoms with E-state index in [1.54, 1.807) is 0 Å². The van der Waals surface area contributed by atoms with Crippen LogP contribution in [0.5, 0.6) is 0 Å². The van der Waals surface area contributed by atoms with Crippen LogP contribution in [0.15, 0.2) is 5.16 Å². The predicted octanol–water partition coefficient (Wildman–Crippen LogP) is 3.93. The molecule has 0 radical (unpaired) electrons. The standard InChI is InChI=1S/C21H34N2O3.C2H6/c1-20-7-5-13(23-26-10-9-22)11-17(20)18(24)12-14-15-3-4-19(25)21(15,2)8-6-16(14)20;1-2/h14-18,24H,3-12,22H2,1-2H3;1-2H3/b23-13+;. The zero-order chi connectivity index (χ0) is 20.5. The molecule has 4 aliphatic rings. The summed E-state index contributed by atoms with van der Waals surface area (Å²) < 4.78 is 0. The molecule has 0 aliphatic heterocycles. The van der Waals surface area contributed by atoms with Gasteiger partial charge in [-0.3, -0.25) is 4.79 Å². The number of fused-ring (bicyclic) bond motifs is 5. The van der Waals surface area contributed by atoms with Crippen molar-refractivity contribution in [2.45, 2.75) is 85.2 Å². The van der Waals surface area contributed by atoms with Gasteiger partial charge >= 0.3 is 0 Å². The summed E-state index contributed by atoms with van der Waals surface area (Å²) in [5.41, 5.74) is 6.58. The number of aliphatic hydroxyl groups excluding tert-OH is 1. The van der Waals surface area contributed by atoms with E-state index in [9.17, 15) is 9.90 Å². The van der Waals surface area contributed by atoms with E-state index in [1.165, 1.54) is 0 Å². The van der Waals surface area contributed by atoms with Crippen molar-refractivity contribution in [2.75, 3.05) is 13.2 Å². The fourth-order valence-electron chi connectivity index (χ4n) is 7.15. The van der Waals surface area contributed by atoms with Crippen LogP contribution in [0, 0.1) is 34.5 Å². The molecule has 4 aliphatic carbocycles. The van der Waals surface area contributed by atoms with Crippen LogP contribution < -0.4 is 5.73 Å². The van der Waals surface area contributed by atoms with Crippen LogP contribution in [0.1, 0.15) is 79.1 Å². The Labute approximate surface area is 170 Å². The lowest BCUT2D eigenvalue weighted by Crippen LogP contribution is -2.57. The second-order valence-electron chi connectivity index (χ2n) is 9.69. The highest BCUT2D eigenvalue weighted by atomic mass is 16.6. The summed E-state index contributed by atoms with van der Waals surface area (Å²) in [6.07, 6.45) is 7.38. The lowest BCUT2D eigenvalue weighted by molar-refractivity contribution is -0.153. The van der Waals surface area contributed by atoms with Gasteiger partial charge in [0.25, 0.3) is 0 Å². The van der Waals surface area contributed by atoms with Crippen molar-refractivity contribution >= 4 is 11.5 Å². The minimum atomic E-state index is -0.292. The fourth-order valence-corrected chi connectivity index (χ4v) is 7.15. The minimum Gasteiger partial charge on any atom is -0.395 e. The molecule has 0 aromatic rings. The molecule has 4 saturated carbocycles. The van der Waals surface area contributed by atoms with Crippen LogP contribution in [0.3, 0.4) is 0 Å². The van der Waals surface area contributed by atoms with Crippen LogP contribution in [-0.2, 0) is 9.63 Å². The second-order valence-corrected chi connectivity index (χ2v) is 9.69. The van der Waals surface area contributed by atoms with Gasteiger partial charge in [0.1, 0.15) is 12.4 Å². The number of ketones is 1. The van der Waals surface area contributed by atoms with Gasteiger partial charge in [-0.15, -0.1) is 0 Å². The van der Waals surface area contributed by atoms with E-state index >= 15 is 0 Å². The van der Waals surface area contributed by atoms with Crippen molar-refractivity contribution in [1.29, 1.82) is 0 Å². The molecule has 0 heterocycles. The van der Waals surface area contributed by atoms with E-state index in [0.29, 0.717) is 36.7 Å². The molecule has 4 fully saturated rings. The molecule has 160 valence electrons. The lowest BCUT2D eigenvalue weighted by atomic mass is 9.44. The van der Waals surface area contributed by atoms with Crippen molar-refractivity contribution in [3.05, 3.63) is 0 Å². The SMILES string of the molecule is CC.CC12CCC3C(CC(O)C4C/C(=N/OCCN)CCC43C)C1CCC2=O. The van der Waals surface area contributed by atoms with E-state index < -0.39 is 0 Å². The molecule has 0 saturated heterocycles. The molecule has 0 bridgehead atoms. The first-order valence-corrected chi connectivity index (χ1v) is 11.5. The number of carbonyl (C=O) groups is 1. The molecular formula is C23H40N2O3. The topological polar surface area (TPSA) is 84.9 Å². The normalized spacial score (nSPS) is 46.1. The second kappa shape index (κ2) is 8.43. The Morgan fingerprint density at radius 3 is 2.61 bits per heavy atom. The average molecular weight is 393 g/mol. The maximum Gasteiger partial charge on any atom is 0.139 e. The van der Waals surface area contributed by atoms with Crippen LogP contribution in [0.4, 0.5) is 0 Å². The molecule has 0 spiro atoms. The minimum absolute atomic E-state index is 0.124. The summed E-state index contributed by atoms with van der Waals surface area (Å²) in [6.45, 7) is 9.52. The number of nitrogens with two attached hydrogens (primary N) is 1. The van der Waals surface area contributed by atoms with Crippen molar-refractivity contribution in [1.82, 2.24) is 0 Å². The number of hydrogen-bond acceptors (Lipinski definition) is 5. The van der Waals surface area contributed by atoms with Gasteiger partial charge in [0.2, 0.25) is 0 Å². The van der Waals surface area contributed by atoms with Gasteiger partial charge in [-0.2, -0.15) is 0 Å². The number of nitrogens with zero attached hydrogens (tertiary/aromatic N) is 1. The molecular weight excluding hydrogens is 352 g/mol. The monoisotopic (exact) mass is 392 g/mol. The highest BCUT2D eigenvalue weighted by molar-refractivity contribution is 5.87. The average Bonchev–Trinajstić information content (AvgIpc) is 3.00. The first-order valence-electron chi connectivity index (χ1n) is 11.5. The Morgan fingerprint density at radius 2 is 1.89 bits per heavy atom. The van der Waals surface area contributed by atoms with Gasteiger partial charge < -0.3 is 15.7 Å². The Hall–Kier alpha value is -0.940. The van der Waals surface area contributed by atoms with E-state index in [1.807, 2.05) is 13.8 Å². The summed E-state index contributed by atoms with van der Waals surface area (Å²) in [6, 6.07) is 0. The highest BCUT2D eigenvalue weighted by Gasteiger charge is 2.61. The maximum absolute atomic E-state index is 12.5. The fraction of sp³-hybridized carbons (Fsp3) is 0.913. The largest absolute Gasteiger partial charge is 0.395 e. The Bertz CT molecular complexity index is 607. The zero-order valence-electron chi connectivity index (χ0n) is 18.2. The van der Waals surface area contributed by atoms with E-state index in [-0.39, 0.29) is 22.9 Å². The van der Waals surface area contributed by atoms with Gasteiger partial charge in [-0.1, -0.05) is 32.9 Å². The van der Waals surface area contributed by atoms with E-state index in [0.717, 1.165) is 57.1 Å². The number of oxime groups is 1. The van der Waals surface area contributed by atoms with Gasteiger partial charge in [0, 0.05) is 18.4 Å². The third-order valence-corrected chi connectivity index (χ3v) is 8.63. The third-order valence-electron chi connectivity index (χ3n) is 8.63. The first kappa shape index (κ1) is 21.8. The zero-order valence-corrected chi connectivity index (χ0v) is 18.2. The van der Waals surface area contributed by atoms with E-state index in [4.69, 9.17) is 10.6 Å². The molecule has 4 rings (SSSR count). The summed E-state index contributed by atoms with van der Waals surface area (Å²) in [5, 5.41) is 15.4. The molecule has 0 amide bonds. The Morgan fingerprint density at radius 1 is 1.14 bits per heavy atom. The van der Waals surface area contributed by atoms with Crippen molar-refractivity contribution in [3.8, 4) is 0 Å². The summed E-state index contributed by atoms with van der Waals surface area (Å²) in [4.78, 5) is 17.8. The van der Waals surface area contributed by atoms with Crippen LogP contribution in [0.25, 0.3) is 0 Å². The van der Waals surface area contributed by atoms with E-state index in [2.05, 4.69) is 19.0 Å². The van der Waals surface area contributed by atoms with Crippen molar-refractivity contribution in [3.63, 3.8) is 0 Å². The first-order chi connectivity index (χ1) is 13.4. The van der Waals surface area contributed by atoms with Crippen LogP contribution >= 0.6 is 0 Å². The van der Waals surface area contributed by atoms with Gasteiger partial charge in [0.15, 0.2) is 0 Å². The van der Waals surface area contributed by atoms with Crippen LogP contribution in [0.2, 0.25) is 0 Å². The number of hydrogen-bond donors (Lipinski definition) is 2. The number of carbonyl (C=O) groups excluding carboxylic acids is 1. The smallest absolute Gasteiger partial charge is 0.139 e. The molecule has 0 aromatic heterocycles. The third kappa shape index (κ3) is 3.43. The summed E-state index contributed by atoms with van der Waals surface area (Å²) in [7, 11) is 0. The Kier molecular flexibility index (Phi) is 6.55. The maximum atomic E-state index is 12.5.